The average Bonchev–Trinajstić information content (AvgIpc) is 3.71. The number of nitrogens with zero attached hydrogens (tertiary/aromatic N) is 5. The van der Waals surface area contributed by atoms with Crippen LogP contribution < -0.4 is 10.1 Å². The molecule has 5 aromatic rings. The van der Waals surface area contributed by atoms with Crippen LogP contribution in [0.5, 0.6) is 5.75 Å². The Bertz CT molecular complexity index is 1970. The van der Waals surface area contributed by atoms with Crippen LogP contribution in [0.2, 0.25) is 0 Å². The number of nitrogens with one attached hydrogen (secondary N) is 1. The summed E-state index contributed by atoms with van der Waals surface area (Å²) in [6, 6.07) is 6.73. The summed E-state index contributed by atoms with van der Waals surface area (Å²) in [5.74, 6) is -4.02. The molecular formula is C30H23F5N6O4. The van der Waals surface area contributed by atoms with E-state index in [1.54, 1.807) is 41.2 Å². The van der Waals surface area contributed by atoms with E-state index in [4.69, 9.17) is 0 Å². The summed E-state index contributed by atoms with van der Waals surface area (Å²) in [6.45, 7) is 0.601. The molecule has 1 aliphatic heterocycles. The summed E-state index contributed by atoms with van der Waals surface area (Å²) in [5.41, 5.74) is 1.76. The largest absolute Gasteiger partial charge is 0.573 e. The van der Waals surface area contributed by atoms with Crippen LogP contribution in [0.1, 0.15) is 23.7 Å². The number of halogens is 5. The number of anilines is 1. The van der Waals surface area contributed by atoms with Crippen molar-refractivity contribution in [1.82, 2.24) is 23.8 Å². The number of likely N-dealkylation sites (tertiary alicyclic amines) is 1. The number of rotatable bonds is 7. The zero-order chi connectivity index (χ0) is 32.0. The summed E-state index contributed by atoms with van der Waals surface area (Å²) in [7, 11) is 0. The van der Waals surface area contributed by atoms with Crippen molar-refractivity contribution in [3.63, 3.8) is 0 Å². The number of carbonyl (C=O) groups excluding carboxylic acids is 3. The van der Waals surface area contributed by atoms with E-state index in [0.717, 1.165) is 34.2 Å². The van der Waals surface area contributed by atoms with Gasteiger partial charge in [-0.1, -0.05) is 12.1 Å². The molecule has 0 bridgehead atoms. The van der Waals surface area contributed by atoms with Crippen molar-refractivity contribution < 1.29 is 41.1 Å². The number of ether oxygens (including phenoxy) is 1. The van der Waals surface area contributed by atoms with E-state index in [2.05, 4.69) is 20.0 Å². The molecule has 2 amide bonds. The minimum Gasteiger partial charge on any atom is -0.403 e. The maximum atomic E-state index is 14.6. The lowest BCUT2D eigenvalue weighted by atomic mass is 10.0. The highest BCUT2D eigenvalue weighted by Gasteiger charge is 2.40. The predicted octanol–water partition coefficient (Wildman–Crippen LogP) is 5.17. The lowest BCUT2D eigenvalue weighted by Crippen LogP contribution is -2.44. The second-order valence-electron chi connectivity index (χ2n) is 10.5. The number of hydrogen-bond acceptors (Lipinski definition) is 6. The van der Waals surface area contributed by atoms with Crippen LogP contribution in [-0.4, -0.2) is 66.6 Å². The molecule has 1 aliphatic rings. The van der Waals surface area contributed by atoms with Gasteiger partial charge in [-0.15, -0.1) is 13.2 Å². The van der Waals surface area contributed by atoms with Crippen LogP contribution in [0.4, 0.5) is 27.6 Å². The van der Waals surface area contributed by atoms with E-state index >= 15 is 0 Å². The minimum absolute atomic E-state index is 0.257. The highest BCUT2D eigenvalue weighted by Crippen LogP contribution is 2.32. The molecule has 0 spiro atoms. The van der Waals surface area contributed by atoms with E-state index in [1.165, 1.54) is 17.7 Å². The summed E-state index contributed by atoms with van der Waals surface area (Å²) in [5, 5.41) is 2.71. The monoisotopic (exact) mass is 626 g/mol. The first kappa shape index (κ1) is 29.7. The Morgan fingerprint density at radius 1 is 1.09 bits per heavy atom. The molecule has 0 unspecified atom stereocenters. The molecule has 1 saturated heterocycles. The zero-order valence-electron chi connectivity index (χ0n) is 23.4. The van der Waals surface area contributed by atoms with Gasteiger partial charge in [0.25, 0.3) is 0 Å². The van der Waals surface area contributed by atoms with Crippen molar-refractivity contribution in [2.75, 3.05) is 11.9 Å². The molecule has 1 N–H and O–H groups in total. The van der Waals surface area contributed by atoms with Gasteiger partial charge in [0.2, 0.25) is 17.6 Å². The van der Waals surface area contributed by atoms with Crippen LogP contribution in [0.15, 0.2) is 67.4 Å². The number of benzene rings is 2. The van der Waals surface area contributed by atoms with Gasteiger partial charge in [0.05, 0.1) is 12.2 Å². The number of amides is 2. The van der Waals surface area contributed by atoms with Crippen molar-refractivity contribution in [3.05, 3.63) is 78.8 Å². The number of alkyl halides is 4. The van der Waals surface area contributed by atoms with Crippen molar-refractivity contribution >= 4 is 40.0 Å². The molecule has 2 aromatic carbocycles. The third-order valence-electron chi connectivity index (χ3n) is 7.46. The van der Waals surface area contributed by atoms with Gasteiger partial charge in [0.1, 0.15) is 18.8 Å². The van der Waals surface area contributed by atoms with E-state index < -0.39 is 60.6 Å². The Hall–Kier alpha value is -5.34. The first-order valence-corrected chi connectivity index (χ1v) is 13.6. The fraction of sp³-hybridized carbons (Fsp3) is 0.233. The van der Waals surface area contributed by atoms with E-state index in [9.17, 15) is 36.3 Å². The van der Waals surface area contributed by atoms with Gasteiger partial charge in [0.15, 0.2) is 17.3 Å². The standard InChI is InChI=1S/C30H23F5N6O4/c1-16(42)21-14-40(23-6-5-17(9-20(21)23)18-11-37-29-36-7-8-39(29)12-18)15-26(43)41-13-19(31)10-24(41)28(44)38-22-3-2-4-25(27(22)32)45-30(33,34)35/h2-9,11-12,14,19,24H,10,13,15H2,1H3,(H,38,44)/t19-,24+/m1/s1. The van der Waals surface area contributed by atoms with Crippen LogP contribution in [0.25, 0.3) is 27.8 Å². The zero-order valence-corrected chi connectivity index (χ0v) is 23.4. The molecule has 0 aliphatic carbocycles. The third-order valence-corrected chi connectivity index (χ3v) is 7.46. The smallest absolute Gasteiger partial charge is 0.403 e. The SMILES string of the molecule is CC(=O)c1cn(CC(=O)N2C[C@H](F)C[C@H]2C(=O)Nc2cccc(OC(F)(F)F)c2F)c2ccc(-c3cnc4nccn4c3)cc12. The molecule has 10 nitrogen and oxygen atoms in total. The molecule has 4 heterocycles. The third kappa shape index (κ3) is 5.92. The van der Waals surface area contributed by atoms with Crippen molar-refractivity contribution in [3.8, 4) is 16.9 Å². The quantitative estimate of drug-likeness (QED) is 0.197. The topological polar surface area (TPSA) is 111 Å². The molecule has 15 heteroatoms. The first-order valence-electron chi connectivity index (χ1n) is 13.6. The Balaban J connectivity index is 1.24. The Morgan fingerprint density at radius 2 is 1.89 bits per heavy atom. The summed E-state index contributed by atoms with van der Waals surface area (Å²) in [6.07, 6.45) is 1.20. The van der Waals surface area contributed by atoms with Gasteiger partial charge >= 0.3 is 6.36 Å². The lowest BCUT2D eigenvalue weighted by molar-refractivity contribution is -0.275. The van der Waals surface area contributed by atoms with Gasteiger partial charge < -0.3 is 19.5 Å². The van der Waals surface area contributed by atoms with E-state index in [-0.39, 0.29) is 12.3 Å². The number of fused-ring (bicyclic) bond motifs is 2. The van der Waals surface area contributed by atoms with Gasteiger partial charge in [-0.05, 0) is 36.8 Å². The van der Waals surface area contributed by atoms with Crippen LogP contribution in [0, 0.1) is 5.82 Å². The van der Waals surface area contributed by atoms with Crippen LogP contribution in [0.3, 0.4) is 0 Å². The van der Waals surface area contributed by atoms with Crippen LogP contribution >= 0.6 is 0 Å². The molecule has 2 atom stereocenters. The number of hydrogen-bond donors (Lipinski definition) is 1. The lowest BCUT2D eigenvalue weighted by Gasteiger charge is -2.24. The van der Waals surface area contributed by atoms with E-state index in [0.29, 0.717) is 22.2 Å². The number of aromatic nitrogens is 4. The maximum Gasteiger partial charge on any atom is 0.573 e. The fourth-order valence-electron chi connectivity index (χ4n) is 5.43. The molecule has 45 heavy (non-hydrogen) atoms. The second-order valence-corrected chi connectivity index (χ2v) is 10.5. The average molecular weight is 627 g/mol. The maximum absolute atomic E-state index is 14.6. The minimum atomic E-state index is -5.17. The normalized spacial score (nSPS) is 16.8. The van der Waals surface area contributed by atoms with E-state index in [1.807, 2.05) is 6.20 Å². The Labute approximate surface area is 251 Å². The highest BCUT2D eigenvalue weighted by molar-refractivity contribution is 6.08. The molecule has 1 fully saturated rings. The van der Waals surface area contributed by atoms with Gasteiger partial charge in [-0.3, -0.25) is 18.8 Å². The molecule has 6 rings (SSSR count). The van der Waals surface area contributed by atoms with Crippen molar-refractivity contribution in [1.29, 1.82) is 0 Å². The van der Waals surface area contributed by atoms with Gasteiger partial charge in [-0.2, -0.15) is 0 Å². The number of imidazole rings is 1. The summed E-state index contributed by atoms with van der Waals surface area (Å²) in [4.78, 5) is 48.5. The van der Waals surface area contributed by atoms with Gasteiger partial charge in [-0.25, -0.2) is 18.7 Å². The summed E-state index contributed by atoms with van der Waals surface area (Å²) < 4.78 is 73.9. The number of carbonyl (C=O) groups is 3. The van der Waals surface area contributed by atoms with Crippen LogP contribution in [-0.2, 0) is 16.1 Å². The molecular weight excluding hydrogens is 603 g/mol. The van der Waals surface area contributed by atoms with Crippen molar-refractivity contribution in [2.45, 2.75) is 38.5 Å². The highest BCUT2D eigenvalue weighted by atomic mass is 19.4. The van der Waals surface area contributed by atoms with Crippen molar-refractivity contribution in [2.24, 2.45) is 0 Å². The molecule has 232 valence electrons. The molecule has 0 saturated carbocycles. The molecule has 0 radical (unpaired) electrons. The second kappa shape index (κ2) is 11.3. The Kier molecular flexibility index (Phi) is 7.46. The Morgan fingerprint density at radius 3 is 2.64 bits per heavy atom. The number of ketones is 1. The van der Waals surface area contributed by atoms with Gasteiger partial charge in [0, 0.05) is 59.4 Å². The first-order chi connectivity index (χ1) is 21.4. The number of Topliss-reactive ketones (excluding diaryl/α,β-unsaturated/α-hetero) is 1. The molecule has 3 aromatic heterocycles. The summed E-state index contributed by atoms with van der Waals surface area (Å²) >= 11 is 0. The predicted molar refractivity (Wildman–Crippen MR) is 151 cm³/mol. The fourth-order valence-corrected chi connectivity index (χ4v) is 5.43.